The molecule has 0 atom stereocenters. The van der Waals surface area contributed by atoms with Gasteiger partial charge < -0.3 is 14.8 Å². The SMILES string of the molecule is COc1ccc(NC(=O)c2cccc(NS(=O)(=O)c3cc(C)ccc3C)c2)cc1OC(F)F. The number of anilines is 2. The molecule has 0 aliphatic carbocycles. The zero-order valence-corrected chi connectivity index (χ0v) is 18.9. The van der Waals surface area contributed by atoms with E-state index < -0.39 is 22.5 Å². The van der Waals surface area contributed by atoms with E-state index in [1.54, 1.807) is 26.0 Å². The summed E-state index contributed by atoms with van der Waals surface area (Å²) in [6, 6.07) is 15.0. The van der Waals surface area contributed by atoms with Gasteiger partial charge in [-0.3, -0.25) is 9.52 Å². The first-order chi connectivity index (χ1) is 15.6. The third-order valence-corrected chi connectivity index (χ3v) is 6.17. The smallest absolute Gasteiger partial charge is 0.387 e. The molecule has 3 aromatic rings. The molecule has 10 heteroatoms. The molecule has 0 aliphatic heterocycles. The van der Waals surface area contributed by atoms with Crippen LogP contribution in [0.4, 0.5) is 20.2 Å². The number of sulfonamides is 1. The molecule has 7 nitrogen and oxygen atoms in total. The highest BCUT2D eigenvalue weighted by molar-refractivity contribution is 7.92. The number of rotatable bonds is 8. The number of hydrogen-bond donors (Lipinski definition) is 2. The highest BCUT2D eigenvalue weighted by atomic mass is 32.2. The lowest BCUT2D eigenvalue weighted by Gasteiger charge is -2.13. The molecule has 0 fully saturated rings. The molecule has 0 aromatic heterocycles. The molecule has 0 radical (unpaired) electrons. The van der Waals surface area contributed by atoms with Gasteiger partial charge in [-0.2, -0.15) is 8.78 Å². The van der Waals surface area contributed by atoms with Crippen LogP contribution in [0.15, 0.2) is 65.6 Å². The number of ether oxygens (including phenoxy) is 2. The minimum Gasteiger partial charge on any atom is -0.493 e. The van der Waals surface area contributed by atoms with E-state index in [0.717, 1.165) is 5.56 Å². The van der Waals surface area contributed by atoms with Crippen molar-refractivity contribution in [2.24, 2.45) is 0 Å². The van der Waals surface area contributed by atoms with Crippen molar-refractivity contribution in [3.63, 3.8) is 0 Å². The predicted molar refractivity (Wildman–Crippen MR) is 121 cm³/mol. The Morgan fingerprint density at radius 3 is 2.39 bits per heavy atom. The van der Waals surface area contributed by atoms with Crippen LogP contribution in [0.25, 0.3) is 0 Å². The minimum absolute atomic E-state index is 0.0798. The van der Waals surface area contributed by atoms with Crippen LogP contribution in [-0.2, 0) is 10.0 Å². The molecule has 0 bridgehead atoms. The lowest BCUT2D eigenvalue weighted by Crippen LogP contribution is -2.16. The number of alkyl halides is 2. The molecule has 3 aromatic carbocycles. The highest BCUT2D eigenvalue weighted by Crippen LogP contribution is 2.31. The molecule has 1 amide bonds. The van der Waals surface area contributed by atoms with Crippen molar-refractivity contribution < 1.29 is 31.5 Å². The fourth-order valence-electron chi connectivity index (χ4n) is 3.08. The first-order valence-corrected chi connectivity index (χ1v) is 11.2. The molecule has 2 N–H and O–H groups in total. The lowest BCUT2D eigenvalue weighted by molar-refractivity contribution is -0.0511. The van der Waals surface area contributed by atoms with E-state index in [1.165, 1.54) is 49.6 Å². The summed E-state index contributed by atoms with van der Waals surface area (Å²) in [6.45, 7) is 0.422. The van der Waals surface area contributed by atoms with Gasteiger partial charge in [0.15, 0.2) is 11.5 Å². The summed E-state index contributed by atoms with van der Waals surface area (Å²) in [4.78, 5) is 12.8. The maximum Gasteiger partial charge on any atom is 0.387 e. The quantitative estimate of drug-likeness (QED) is 0.479. The van der Waals surface area contributed by atoms with Crippen LogP contribution in [-0.4, -0.2) is 28.0 Å². The number of nitrogens with one attached hydrogen (secondary N) is 2. The number of halogens is 2. The Morgan fingerprint density at radius 1 is 0.939 bits per heavy atom. The van der Waals surface area contributed by atoms with Crippen molar-refractivity contribution in [3.8, 4) is 11.5 Å². The van der Waals surface area contributed by atoms with Crippen molar-refractivity contribution in [2.45, 2.75) is 25.4 Å². The molecule has 3 rings (SSSR count). The Labute approximate surface area is 190 Å². The fourth-order valence-corrected chi connectivity index (χ4v) is 4.46. The Hall–Kier alpha value is -3.66. The normalized spacial score (nSPS) is 11.2. The van der Waals surface area contributed by atoms with Crippen molar-refractivity contribution >= 4 is 27.3 Å². The summed E-state index contributed by atoms with van der Waals surface area (Å²) >= 11 is 0. The van der Waals surface area contributed by atoms with E-state index in [-0.39, 0.29) is 33.3 Å². The first kappa shape index (κ1) is 24.0. The third-order valence-electron chi connectivity index (χ3n) is 4.65. The predicted octanol–water partition coefficient (Wildman–Crippen LogP) is 4.97. The Balaban J connectivity index is 1.81. The van der Waals surface area contributed by atoms with Gasteiger partial charge in [-0.25, -0.2) is 8.42 Å². The van der Waals surface area contributed by atoms with Crippen molar-refractivity contribution in [1.82, 2.24) is 0 Å². The average molecular weight is 477 g/mol. The molecule has 0 heterocycles. The van der Waals surface area contributed by atoms with Crippen LogP contribution >= 0.6 is 0 Å². The van der Waals surface area contributed by atoms with Crippen molar-refractivity contribution in [2.75, 3.05) is 17.1 Å². The van der Waals surface area contributed by atoms with E-state index >= 15 is 0 Å². The number of hydrogen-bond acceptors (Lipinski definition) is 5. The molecule has 0 aliphatic rings. The topological polar surface area (TPSA) is 93.7 Å². The summed E-state index contributed by atoms with van der Waals surface area (Å²) < 4.78 is 62.8. The Bertz CT molecular complexity index is 1280. The van der Waals surface area contributed by atoms with E-state index in [0.29, 0.717) is 5.56 Å². The third kappa shape index (κ3) is 5.98. The number of methoxy groups -OCH3 is 1. The molecular weight excluding hydrogens is 454 g/mol. The molecule has 0 saturated heterocycles. The first-order valence-electron chi connectivity index (χ1n) is 9.73. The van der Waals surface area contributed by atoms with Crippen LogP contribution in [0.5, 0.6) is 11.5 Å². The van der Waals surface area contributed by atoms with Crippen LogP contribution in [0.3, 0.4) is 0 Å². The summed E-state index contributed by atoms with van der Waals surface area (Å²) in [5.74, 6) is -0.729. The van der Waals surface area contributed by atoms with Gasteiger partial charge in [0.2, 0.25) is 0 Å². The van der Waals surface area contributed by atoms with Gasteiger partial charge in [-0.1, -0.05) is 18.2 Å². The summed E-state index contributed by atoms with van der Waals surface area (Å²) in [5, 5.41) is 2.56. The summed E-state index contributed by atoms with van der Waals surface area (Å²) in [5.41, 5.74) is 1.92. The van der Waals surface area contributed by atoms with Crippen molar-refractivity contribution in [1.29, 1.82) is 0 Å². The zero-order chi connectivity index (χ0) is 24.2. The van der Waals surface area contributed by atoms with E-state index in [4.69, 9.17) is 4.74 Å². The monoisotopic (exact) mass is 476 g/mol. The molecule has 0 unspecified atom stereocenters. The minimum atomic E-state index is -3.88. The Morgan fingerprint density at radius 2 is 1.70 bits per heavy atom. The average Bonchev–Trinajstić information content (AvgIpc) is 2.75. The van der Waals surface area contributed by atoms with Crippen LogP contribution < -0.4 is 19.5 Å². The van der Waals surface area contributed by atoms with Gasteiger partial charge >= 0.3 is 6.61 Å². The molecular formula is C23H22F2N2O5S. The van der Waals surface area contributed by atoms with Crippen LogP contribution in [0.2, 0.25) is 0 Å². The van der Waals surface area contributed by atoms with E-state index in [9.17, 15) is 22.0 Å². The van der Waals surface area contributed by atoms with Crippen molar-refractivity contribution in [3.05, 3.63) is 77.4 Å². The van der Waals surface area contributed by atoms with Gasteiger partial charge in [0.05, 0.1) is 12.0 Å². The molecule has 33 heavy (non-hydrogen) atoms. The summed E-state index contributed by atoms with van der Waals surface area (Å²) in [7, 11) is -2.57. The maximum atomic E-state index is 12.8. The van der Waals surface area contributed by atoms with Crippen LogP contribution in [0, 0.1) is 13.8 Å². The van der Waals surface area contributed by atoms with Gasteiger partial charge in [0.1, 0.15) is 0 Å². The number of carbonyl (C=O) groups is 1. The van der Waals surface area contributed by atoms with Gasteiger partial charge in [0.25, 0.3) is 15.9 Å². The van der Waals surface area contributed by atoms with Gasteiger partial charge in [0, 0.05) is 23.0 Å². The lowest BCUT2D eigenvalue weighted by atomic mass is 10.2. The second-order valence-corrected chi connectivity index (χ2v) is 8.80. The molecule has 0 saturated carbocycles. The Kier molecular flexibility index (Phi) is 7.17. The maximum absolute atomic E-state index is 12.8. The van der Waals surface area contributed by atoms with Crippen LogP contribution in [0.1, 0.15) is 21.5 Å². The van der Waals surface area contributed by atoms with Gasteiger partial charge in [-0.05, 0) is 61.4 Å². The highest BCUT2D eigenvalue weighted by Gasteiger charge is 2.18. The molecule has 174 valence electrons. The number of benzene rings is 3. The summed E-state index contributed by atoms with van der Waals surface area (Å²) in [6.07, 6.45) is 0. The number of amides is 1. The fraction of sp³-hybridized carbons (Fsp3) is 0.174. The standard InChI is InChI=1S/C23H22F2N2O5S/c1-14-7-8-15(2)21(11-14)33(29,30)27-18-6-4-5-16(12-18)22(28)26-17-9-10-19(31-3)20(13-17)32-23(24)25/h4-13,23,27H,1-3H3,(H,26,28). The number of aryl methyl sites for hydroxylation is 2. The molecule has 0 spiro atoms. The number of carbonyl (C=O) groups excluding carboxylic acids is 1. The zero-order valence-electron chi connectivity index (χ0n) is 18.1. The second kappa shape index (κ2) is 9.86. The van der Waals surface area contributed by atoms with E-state index in [1.807, 2.05) is 6.07 Å². The largest absolute Gasteiger partial charge is 0.493 e. The van der Waals surface area contributed by atoms with Gasteiger partial charge in [-0.15, -0.1) is 0 Å². The second-order valence-electron chi connectivity index (χ2n) is 7.15. The van der Waals surface area contributed by atoms with E-state index in [2.05, 4.69) is 14.8 Å².